The lowest BCUT2D eigenvalue weighted by Gasteiger charge is -2.23. The smallest absolute Gasteiger partial charge is 0.127 e. The predicted octanol–water partition coefficient (Wildman–Crippen LogP) is 7.71. The van der Waals surface area contributed by atoms with Crippen molar-refractivity contribution >= 4 is 0 Å². The van der Waals surface area contributed by atoms with Crippen molar-refractivity contribution in [2.24, 2.45) is 0 Å². The number of aromatic hydroxyl groups is 1. The van der Waals surface area contributed by atoms with E-state index in [4.69, 9.17) is 0 Å². The normalized spacial score (nSPS) is 13.1. The summed E-state index contributed by atoms with van der Waals surface area (Å²) >= 11 is 0. The van der Waals surface area contributed by atoms with Crippen molar-refractivity contribution in [3.63, 3.8) is 0 Å². The molecule has 0 bridgehead atoms. The summed E-state index contributed by atoms with van der Waals surface area (Å²) < 4.78 is 0. The molecule has 31 heavy (non-hydrogen) atoms. The Morgan fingerprint density at radius 3 is 1.74 bits per heavy atom. The second-order valence-corrected chi connectivity index (χ2v) is 9.54. The Bertz CT molecular complexity index is 1210. The van der Waals surface area contributed by atoms with E-state index in [0.29, 0.717) is 11.7 Å². The van der Waals surface area contributed by atoms with Gasteiger partial charge in [0.1, 0.15) is 5.75 Å². The van der Waals surface area contributed by atoms with Crippen LogP contribution in [0.15, 0.2) is 91.0 Å². The van der Waals surface area contributed by atoms with Gasteiger partial charge in [-0.3, -0.25) is 0 Å². The number of para-hydroxylation sites is 1. The molecule has 0 atom stereocenters. The molecule has 0 saturated heterocycles. The van der Waals surface area contributed by atoms with Crippen molar-refractivity contribution in [3.8, 4) is 28.0 Å². The molecule has 0 spiro atoms. The fourth-order valence-electron chi connectivity index (χ4n) is 5.03. The molecule has 0 aliphatic heterocycles. The first kappa shape index (κ1) is 19.6. The van der Waals surface area contributed by atoms with Gasteiger partial charge in [0.2, 0.25) is 0 Å². The van der Waals surface area contributed by atoms with Gasteiger partial charge >= 0.3 is 0 Å². The first-order valence-corrected chi connectivity index (χ1v) is 11.0. The van der Waals surface area contributed by atoms with Gasteiger partial charge in [-0.05, 0) is 50.8 Å². The first-order chi connectivity index (χ1) is 14.9. The Kier molecular flexibility index (Phi) is 4.70. The van der Waals surface area contributed by atoms with E-state index < -0.39 is 0 Å². The molecule has 1 aliphatic carbocycles. The highest BCUT2D eigenvalue weighted by atomic mass is 16.3. The minimum Gasteiger partial charge on any atom is -0.507 e. The zero-order valence-electron chi connectivity index (χ0n) is 18.4. The second-order valence-electron chi connectivity index (χ2n) is 9.54. The summed E-state index contributed by atoms with van der Waals surface area (Å²) in [5.41, 5.74) is 9.65. The molecule has 0 saturated carbocycles. The largest absolute Gasteiger partial charge is 0.507 e. The quantitative estimate of drug-likeness (QED) is 0.371. The number of hydrogen-bond acceptors (Lipinski definition) is 1. The Labute approximate surface area is 185 Å². The highest BCUT2D eigenvalue weighted by Gasteiger charge is 2.29. The molecule has 5 rings (SSSR count). The maximum atomic E-state index is 11.2. The van der Waals surface area contributed by atoms with E-state index in [1.165, 1.54) is 27.8 Å². The summed E-state index contributed by atoms with van der Waals surface area (Å²) in [6, 6.07) is 32.2. The number of fused-ring (bicyclic) bond motifs is 3. The van der Waals surface area contributed by atoms with E-state index in [-0.39, 0.29) is 5.41 Å². The van der Waals surface area contributed by atoms with Crippen LogP contribution in [0, 0.1) is 0 Å². The van der Waals surface area contributed by atoms with Crippen molar-refractivity contribution < 1.29 is 5.11 Å². The summed E-state index contributed by atoms with van der Waals surface area (Å²) in [5, 5.41) is 11.2. The monoisotopic (exact) mass is 404 g/mol. The highest BCUT2D eigenvalue weighted by molar-refractivity contribution is 5.80. The van der Waals surface area contributed by atoms with Crippen LogP contribution in [0.4, 0.5) is 0 Å². The van der Waals surface area contributed by atoms with E-state index in [1.54, 1.807) is 0 Å². The van der Waals surface area contributed by atoms with Gasteiger partial charge < -0.3 is 5.11 Å². The van der Waals surface area contributed by atoms with Crippen LogP contribution in [-0.2, 0) is 11.8 Å². The van der Waals surface area contributed by atoms with Crippen molar-refractivity contribution in [2.75, 3.05) is 0 Å². The van der Waals surface area contributed by atoms with Crippen molar-refractivity contribution in [3.05, 3.63) is 113 Å². The lowest BCUT2D eigenvalue weighted by molar-refractivity contribution is 0.448. The number of phenols is 1. The number of benzene rings is 4. The summed E-state index contributed by atoms with van der Waals surface area (Å²) in [7, 11) is 0. The first-order valence-electron chi connectivity index (χ1n) is 11.0. The standard InChI is InChI=1S/C30H28O/c1-30(2,3)28-18-10-17-26(29(28)31)21-12-5-4-11-20(21)19-27-24-15-8-6-13-22(24)23-14-7-9-16-25(23)27/h4-18,27,31H,19H2,1-3H3. The van der Waals surface area contributed by atoms with Crippen molar-refractivity contribution in [1.29, 1.82) is 0 Å². The third kappa shape index (κ3) is 3.35. The van der Waals surface area contributed by atoms with Gasteiger partial charge in [-0.1, -0.05) is 112 Å². The van der Waals surface area contributed by atoms with Gasteiger partial charge in [0.15, 0.2) is 0 Å². The maximum absolute atomic E-state index is 11.2. The molecular weight excluding hydrogens is 376 g/mol. The zero-order chi connectivity index (χ0) is 21.6. The Morgan fingerprint density at radius 2 is 1.13 bits per heavy atom. The average Bonchev–Trinajstić information content (AvgIpc) is 3.08. The zero-order valence-corrected chi connectivity index (χ0v) is 18.4. The minimum absolute atomic E-state index is 0.113. The molecule has 0 aromatic heterocycles. The van der Waals surface area contributed by atoms with Crippen LogP contribution in [0.5, 0.6) is 5.75 Å². The molecule has 0 unspecified atom stereocenters. The number of hydrogen-bond donors (Lipinski definition) is 1. The molecule has 0 fully saturated rings. The van der Waals surface area contributed by atoms with Gasteiger partial charge in [-0.2, -0.15) is 0 Å². The number of rotatable bonds is 3. The van der Waals surface area contributed by atoms with Gasteiger partial charge in [-0.25, -0.2) is 0 Å². The minimum atomic E-state index is -0.113. The van der Waals surface area contributed by atoms with E-state index in [1.807, 2.05) is 12.1 Å². The molecule has 1 aliphatic rings. The highest BCUT2D eigenvalue weighted by Crippen LogP contribution is 2.47. The molecule has 1 heteroatoms. The van der Waals surface area contributed by atoms with Gasteiger partial charge in [-0.15, -0.1) is 0 Å². The summed E-state index contributed by atoms with van der Waals surface area (Å²) in [6.07, 6.45) is 0.906. The molecule has 4 aromatic carbocycles. The SMILES string of the molecule is CC(C)(C)c1cccc(-c2ccccc2CC2c3ccccc3-c3ccccc32)c1O. The molecule has 0 radical (unpaired) electrons. The molecule has 1 nitrogen and oxygen atoms in total. The van der Waals surface area contributed by atoms with Gasteiger partial charge in [0.25, 0.3) is 0 Å². The van der Waals surface area contributed by atoms with Gasteiger partial charge in [0, 0.05) is 11.5 Å². The van der Waals surface area contributed by atoms with Crippen LogP contribution in [-0.4, -0.2) is 5.11 Å². The Balaban J connectivity index is 1.62. The predicted molar refractivity (Wildman–Crippen MR) is 130 cm³/mol. The molecule has 154 valence electrons. The molecule has 0 amide bonds. The number of phenolic OH excluding ortho intramolecular Hbond substituents is 1. The van der Waals surface area contributed by atoms with Crippen LogP contribution in [0.2, 0.25) is 0 Å². The summed E-state index contributed by atoms with van der Waals surface area (Å²) in [6.45, 7) is 6.43. The summed E-state index contributed by atoms with van der Waals surface area (Å²) in [4.78, 5) is 0. The molecule has 0 heterocycles. The third-order valence-electron chi connectivity index (χ3n) is 6.54. The van der Waals surface area contributed by atoms with E-state index in [0.717, 1.165) is 23.1 Å². The third-order valence-corrected chi connectivity index (χ3v) is 6.54. The van der Waals surface area contributed by atoms with Crippen LogP contribution in [0.3, 0.4) is 0 Å². The van der Waals surface area contributed by atoms with Crippen LogP contribution < -0.4 is 0 Å². The fourth-order valence-corrected chi connectivity index (χ4v) is 5.03. The lowest BCUT2D eigenvalue weighted by atomic mass is 9.82. The van der Waals surface area contributed by atoms with Crippen molar-refractivity contribution in [1.82, 2.24) is 0 Å². The molecular formula is C30H28O. The topological polar surface area (TPSA) is 20.2 Å². The molecule has 1 N–H and O–H groups in total. The lowest BCUT2D eigenvalue weighted by Crippen LogP contribution is -2.11. The average molecular weight is 405 g/mol. The van der Waals surface area contributed by atoms with Crippen LogP contribution in [0.1, 0.15) is 48.9 Å². The Morgan fingerprint density at radius 1 is 0.613 bits per heavy atom. The van der Waals surface area contributed by atoms with E-state index in [9.17, 15) is 5.11 Å². The van der Waals surface area contributed by atoms with Gasteiger partial charge in [0.05, 0.1) is 0 Å². The Hall–Kier alpha value is -3.32. The molecule has 4 aromatic rings. The second kappa shape index (κ2) is 7.42. The summed E-state index contributed by atoms with van der Waals surface area (Å²) in [5.74, 6) is 0.719. The van der Waals surface area contributed by atoms with Crippen molar-refractivity contribution in [2.45, 2.75) is 38.5 Å². The maximum Gasteiger partial charge on any atom is 0.127 e. The van der Waals surface area contributed by atoms with Crippen LogP contribution in [0.25, 0.3) is 22.3 Å². The fraction of sp³-hybridized carbons (Fsp3) is 0.200. The van der Waals surface area contributed by atoms with E-state index in [2.05, 4.69) is 99.6 Å². The van der Waals surface area contributed by atoms with E-state index >= 15 is 0 Å². The van der Waals surface area contributed by atoms with Crippen LogP contribution >= 0.6 is 0 Å².